The number of furan rings is 1. The molecule has 2 N–H and O–H groups in total. The van der Waals surface area contributed by atoms with Gasteiger partial charge in [0.2, 0.25) is 5.91 Å². The van der Waals surface area contributed by atoms with Crippen LogP contribution in [0.5, 0.6) is 0 Å². The van der Waals surface area contributed by atoms with E-state index in [1.165, 1.54) is 11.6 Å². The fourth-order valence-corrected chi connectivity index (χ4v) is 3.58. The number of rotatable bonds is 5. The number of hydrogen-bond acceptors (Lipinski definition) is 3. The van der Waals surface area contributed by atoms with Crippen molar-refractivity contribution in [3.63, 3.8) is 0 Å². The SMILES string of the molecule is Cc1oc(CNC(=O)C2CCC(c3ccccc3)CC2)cc1C(=O)O. The van der Waals surface area contributed by atoms with Crippen molar-refractivity contribution in [1.82, 2.24) is 5.32 Å². The number of nitrogens with one attached hydrogen (secondary N) is 1. The first kappa shape index (κ1) is 17.3. The minimum absolute atomic E-state index is 0.0231. The molecule has 1 aliphatic carbocycles. The summed E-state index contributed by atoms with van der Waals surface area (Å²) in [5, 5.41) is 11.9. The van der Waals surface area contributed by atoms with Crippen molar-refractivity contribution in [3.8, 4) is 0 Å². The fraction of sp³-hybridized carbons (Fsp3) is 0.400. The Bertz CT molecular complexity index is 742. The number of carboxylic acid groups (broad SMARTS) is 1. The van der Waals surface area contributed by atoms with Crippen LogP contribution in [0.2, 0.25) is 0 Å². The molecule has 1 fully saturated rings. The molecule has 1 aliphatic rings. The lowest BCUT2D eigenvalue weighted by molar-refractivity contribution is -0.126. The normalized spacial score (nSPS) is 20.2. The van der Waals surface area contributed by atoms with Crippen LogP contribution < -0.4 is 5.32 Å². The minimum atomic E-state index is -1.02. The van der Waals surface area contributed by atoms with Crippen LogP contribution in [0.1, 0.15) is 59.0 Å². The highest BCUT2D eigenvalue weighted by atomic mass is 16.4. The average Bonchev–Trinajstić information content (AvgIpc) is 3.01. The number of aryl methyl sites for hydroxylation is 1. The van der Waals surface area contributed by atoms with Crippen LogP contribution in [-0.4, -0.2) is 17.0 Å². The highest BCUT2D eigenvalue weighted by Crippen LogP contribution is 2.35. The maximum absolute atomic E-state index is 12.4. The summed E-state index contributed by atoms with van der Waals surface area (Å²) >= 11 is 0. The molecule has 25 heavy (non-hydrogen) atoms. The number of hydrogen-bond donors (Lipinski definition) is 2. The number of amides is 1. The van der Waals surface area contributed by atoms with E-state index in [0.717, 1.165) is 25.7 Å². The largest absolute Gasteiger partial charge is 0.478 e. The Kier molecular flexibility index (Phi) is 5.22. The highest BCUT2D eigenvalue weighted by Gasteiger charge is 2.27. The van der Waals surface area contributed by atoms with Crippen molar-refractivity contribution in [2.45, 2.75) is 45.1 Å². The van der Waals surface area contributed by atoms with Crippen molar-refractivity contribution >= 4 is 11.9 Å². The van der Waals surface area contributed by atoms with Crippen molar-refractivity contribution in [3.05, 3.63) is 59.0 Å². The Balaban J connectivity index is 1.50. The first-order valence-electron chi connectivity index (χ1n) is 8.70. The maximum Gasteiger partial charge on any atom is 0.339 e. The number of aromatic carboxylic acids is 1. The van der Waals surface area contributed by atoms with E-state index in [9.17, 15) is 9.59 Å². The van der Waals surface area contributed by atoms with Crippen LogP contribution in [0.15, 0.2) is 40.8 Å². The molecule has 5 nitrogen and oxygen atoms in total. The van der Waals surface area contributed by atoms with Crippen LogP contribution >= 0.6 is 0 Å². The lowest BCUT2D eigenvalue weighted by Crippen LogP contribution is -2.32. The molecule has 1 amide bonds. The molecule has 132 valence electrons. The molecule has 3 rings (SSSR count). The zero-order valence-corrected chi connectivity index (χ0v) is 14.3. The van der Waals surface area contributed by atoms with Crippen molar-refractivity contribution < 1.29 is 19.1 Å². The standard InChI is InChI=1S/C20H23NO4/c1-13-18(20(23)24)11-17(25-13)12-21-19(22)16-9-7-15(8-10-16)14-5-3-2-4-6-14/h2-6,11,15-16H,7-10,12H2,1H3,(H,21,22)(H,23,24). The smallest absolute Gasteiger partial charge is 0.339 e. The third kappa shape index (κ3) is 4.10. The summed E-state index contributed by atoms with van der Waals surface area (Å²) in [5.41, 5.74) is 1.50. The Labute approximate surface area is 147 Å². The molecular formula is C20H23NO4. The quantitative estimate of drug-likeness (QED) is 0.865. The van der Waals surface area contributed by atoms with Gasteiger partial charge in [0.05, 0.1) is 6.54 Å². The summed E-state index contributed by atoms with van der Waals surface area (Å²) < 4.78 is 5.39. The van der Waals surface area contributed by atoms with E-state index in [2.05, 4.69) is 29.6 Å². The molecular weight excluding hydrogens is 318 g/mol. The second-order valence-electron chi connectivity index (χ2n) is 6.66. The van der Waals surface area contributed by atoms with Gasteiger partial charge < -0.3 is 14.8 Å². The van der Waals surface area contributed by atoms with Gasteiger partial charge in [-0.25, -0.2) is 4.79 Å². The molecule has 2 aromatic rings. The molecule has 0 atom stereocenters. The van der Waals surface area contributed by atoms with E-state index in [0.29, 0.717) is 17.4 Å². The molecule has 0 radical (unpaired) electrons. The topological polar surface area (TPSA) is 79.5 Å². The van der Waals surface area contributed by atoms with Crippen LogP contribution in [0, 0.1) is 12.8 Å². The molecule has 1 saturated carbocycles. The first-order chi connectivity index (χ1) is 12.0. The summed E-state index contributed by atoms with van der Waals surface area (Å²) in [5.74, 6) is 0.405. The van der Waals surface area contributed by atoms with Gasteiger partial charge in [0.15, 0.2) is 0 Å². The van der Waals surface area contributed by atoms with E-state index in [1.807, 2.05) is 6.07 Å². The van der Waals surface area contributed by atoms with Crippen molar-refractivity contribution in [2.75, 3.05) is 0 Å². The van der Waals surface area contributed by atoms with E-state index >= 15 is 0 Å². The van der Waals surface area contributed by atoms with Crippen molar-refractivity contribution in [2.24, 2.45) is 5.92 Å². The van der Waals surface area contributed by atoms with Gasteiger partial charge >= 0.3 is 5.97 Å². The van der Waals surface area contributed by atoms with Gasteiger partial charge in [0.1, 0.15) is 17.1 Å². The summed E-state index contributed by atoms with van der Waals surface area (Å²) in [6.07, 6.45) is 3.79. The highest BCUT2D eigenvalue weighted by molar-refractivity contribution is 5.88. The van der Waals surface area contributed by atoms with Crippen molar-refractivity contribution in [1.29, 1.82) is 0 Å². The van der Waals surface area contributed by atoms with Gasteiger partial charge in [-0.15, -0.1) is 0 Å². The Hall–Kier alpha value is -2.56. The Morgan fingerprint density at radius 2 is 1.84 bits per heavy atom. The summed E-state index contributed by atoms with van der Waals surface area (Å²) in [4.78, 5) is 23.4. The van der Waals surface area contributed by atoms with Gasteiger partial charge in [0, 0.05) is 5.92 Å². The molecule has 1 aromatic heterocycles. The third-order valence-corrected chi connectivity index (χ3v) is 5.01. The van der Waals surface area contributed by atoms with E-state index < -0.39 is 5.97 Å². The summed E-state index contributed by atoms with van der Waals surface area (Å²) in [7, 11) is 0. The molecule has 1 heterocycles. The molecule has 0 bridgehead atoms. The van der Waals surface area contributed by atoms with Crippen LogP contribution in [0.3, 0.4) is 0 Å². The number of benzene rings is 1. The Morgan fingerprint density at radius 3 is 2.44 bits per heavy atom. The number of carbonyl (C=O) groups is 2. The number of carbonyl (C=O) groups excluding carboxylic acids is 1. The van der Waals surface area contributed by atoms with Crippen LogP contribution in [-0.2, 0) is 11.3 Å². The zero-order valence-electron chi connectivity index (χ0n) is 14.3. The molecule has 0 unspecified atom stereocenters. The first-order valence-corrected chi connectivity index (χ1v) is 8.70. The van der Waals surface area contributed by atoms with Gasteiger partial charge in [-0.2, -0.15) is 0 Å². The van der Waals surface area contributed by atoms with Gasteiger partial charge in [-0.1, -0.05) is 30.3 Å². The lowest BCUT2D eigenvalue weighted by Gasteiger charge is -2.28. The zero-order chi connectivity index (χ0) is 17.8. The maximum atomic E-state index is 12.4. The summed E-state index contributed by atoms with van der Waals surface area (Å²) in [6, 6.07) is 11.9. The van der Waals surface area contributed by atoms with Gasteiger partial charge in [-0.05, 0) is 50.2 Å². The second-order valence-corrected chi connectivity index (χ2v) is 6.66. The third-order valence-electron chi connectivity index (χ3n) is 5.01. The molecule has 0 spiro atoms. The average molecular weight is 341 g/mol. The Morgan fingerprint density at radius 1 is 1.16 bits per heavy atom. The molecule has 5 heteroatoms. The molecule has 0 aliphatic heterocycles. The van der Waals surface area contributed by atoms with E-state index in [1.54, 1.807) is 6.92 Å². The minimum Gasteiger partial charge on any atom is -0.478 e. The van der Waals surface area contributed by atoms with Gasteiger partial charge in [-0.3, -0.25) is 4.79 Å². The fourth-order valence-electron chi connectivity index (χ4n) is 3.58. The summed E-state index contributed by atoms with van der Waals surface area (Å²) in [6.45, 7) is 1.84. The monoisotopic (exact) mass is 341 g/mol. The van der Waals surface area contributed by atoms with Crippen LogP contribution in [0.25, 0.3) is 0 Å². The van der Waals surface area contributed by atoms with E-state index in [4.69, 9.17) is 9.52 Å². The van der Waals surface area contributed by atoms with E-state index in [-0.39, 0.29) is 23.9 Å². The predicted octanol–water partition coefficient (Wildman–Crippen LogP) is 3.88. The van der Waals surface area contributed by atoms with Gasteiger partial charge in [0.25, 0.3) is 0 Å². The van der Waals surface area contributed by atoms with Crippen LogP contribution in [0.4, 0.5) is 0 Å². The predicted molar refractivity (Wildman–Crippen MR) is 93.4 cm³/mol. The molecule has 0 saturated heterocycles. The number of carboxylic acids is 1. The molecule has 1 aromatic carbocycles. The lowest BCUT2D eigenvalue weighted by atomic mass is 9.78. The second kappa shape index (κ2) is 7.55.